The van der Waals surface area contributed by atoms with Crippen molar-refractivity contribution < 1.29 is 4.79 Å². The van der Waals surface area contributed by atoms with Crippen molar-refractivity contribution in [2.24, 2.45) is 7.05 Å². The Kier molecular flexibility index (Phi) is 2.32. The molecule has 4 nitrogen and oxygen atoms in total. The highest BCUT2D eigenvalue weighted by Crippen LogP contribution is 2.20. The van der Waals surface area contributed by atoms with Crippen LogP contribution in [0.5, 0.6) is 0 Å². The van der Waals surface area contributed by atoms with Crippen molar-refractivity contribution in [1.29, 1.82) is 0 Å². The Morgan fingerprint density at radius 2 is 2.20 bits per heavy atom. The summed E-state index contributed by atoms with van der Waals surface area (Å²) in [5.74, 6) is -0.116. The number of aryl methyl sites for hydroxylation is 1. The number of carbonyl (C=O) groups excluding carboxylic acids is 1. The highest BCUT2D eigenvalue weighted by Gasteiger charge is 2.05. The van der Waals surface area contributed by atoms with Gasteiger partial charge in [0.25, 0.3) is 0 Å². The Bertz CT molecular complexity index is 583. The zero-order valence-electron chi connectivity index (χ0n) is 8.40. The third-order valence-electron chi connectivity index (χ3n) is 2.11. The van der Waals surface area contributed by atoms with Gasteiger partial charge in [0.05, 0.1) is 10.2 Å². The Hall–Kier alpha value is -1.62. The van der Waals surface area contributed by atoms with Crippen LogP contribution in [0, 0.1) is 0 Å². The second kappa shape index (κ2) is 3.51. The van der Waals surface area contributed by atoms with Crippen molar-refractivity contribution >= 4 is 33.1 Å². The van der Waals surface area contributed by atoms with Crippen molar-refractivity contribution in [2.75, 3.05) is 5.32 Å². The number of thiazole rings is 1. The highest BCUT2D eigenvalue weighted by molar-refractivity contribution is 7.16. The fourth-order valence-corrected chi connectivity index (χ4v) is 2.27. The molecule has 2 aromatic rings. The molecule has 0 unspecified atom stereocenters. The Morgan fingerprint density at radius 3 is 2.87 bits per heavy atom. The molecule has 0 saturated heterocycles. The van der Waals surface area contributed by atoms with Crippen LogP contribution in [-0.2, 0) is 11.8 Å². The number of rotatable bonds is 1. The van der Waals surface area contributed by atoms with Crippen LogP contribution in [0.25, 0.3) is 10.2 Å². The number of amides is 1. The van der Waals surface area contributed by atoms with Gasteiger partial charge in [-0.25, -0.2) is 0 Å². The fourth-order valence-electron chi connectivity index (χ4n) is 1.41. The fraction of sp³-hybridized carbons (Fsp3) is 0.200. The number of aromatic nitrogens is 1. The van der Waals surface area contributed by atoms with Crippen LogP contribution in [0.3, 0.4) is 0 Å². The van der Waals surface area contributed by atoms with Gasteiger partial charge < -0.3 is 9.88 Å². The third kappa shape index (κ3) is 1.78. The summed E-state index contributed by atoms with van der Waals surface area (Å²) in [5.41, 5.74) is 1.56. The molecule has 0 aliphatic heterocycles. The van der Waals surface area contributed by atoms with Gasteiger partial charge >= 0.3 is 4.87 Å². The molecule has 0 spiro atoms. The van der Waals surface area contributed by atoms with Crippen LogP contribution < -0.4 is 10.2 Å². The molecule has 1 heterocycles. The molecular weight excluding hydrogens is 212 g/mol. The van der Waals surface area contributed by atoms with E-state index in [1.165, 1.54) is 18.3 Å². The maximum Gasteiger partial charge on any atom is 0.307 e. The first-order valence-corrected chi connectivity index (χ1v) is 5.27. The molecule has 0 fully saturated rings. The number of fused-ring (bicyclic) bond motifs is 1. The minimum atomic E-state index is -0.116. The molecule has 78 valence electrons. The first-order chi connectivity index (χ1) is 7.08. The second-order valence-corrected chi connectivity index (χ2v) is 4.28. The smallest absolute Gasteiger partial charge is 0.307 e. The van der Waals surface area contributed by atoms with Gasteiger partial charge in [0.15, 0.2) is 0 Å². The first-order valence-electron chi connectivity index (χ1n) is 4.45. The van der Waals surface area contributed by atoms with Gasteiger partial charge in [-0.05, 0) is 18.2 Å². The van der Waals surface area contributed by atoms with Crippen LogP contribution in [0.4, 0.5) is 5.69 Å². The number of carbonyl (C=O) groups is 1. The molecule has 1 amide bonds. The van der Waals surface area contributed by atoms with Crippen LogP contribution in [0.15, 0.2) is 23.0 Å². The third-order valence-corrected chi connectivity index (χ3v) is 3.13. The lowest BCUT2D eigenvalue weighted by Gasteiger charge is -2.01. The lowest BCUT2D eigenvalue weighted by Crippen LogP contribution is -2.08. The number of anilines is 1. The summed E-state index contributed by atoms with van der Waals surface area (Å²) in [6.07, 6.45) is 0. The SMILES string of the molecule is CC(=O)Nc1ccc2sc(=O)n(C)c2c1. The molecule has 0 radical (unpaired) electrons. The van der Waals surface area contributed by atoms with Crippen LogP contribution >= 0.6 is 11.3 Å². The number of nitrogens with one attached hydrogen (secondary N) is 1. The van der Waals surface area contributed by atoms with E-state index >= 15 is 0 Å². The van der Waals surface area contributed by atoms with E-state index < -0.39 is 0 Å². The maximum absolute atomic E-state index is 11.4. The summed E-state index contributed by atoms with van der Waals surface area (Å²) in [6.45, 7) is 1.46. The van der Waals surface area contributed by atoms with Crippen LogP contribution in [0.2, 0.25) is 0 Å². The first kappa shape index (κ1) is 9.92. The van der Waals surface area contributed by atoms with Crippen molar-refractivity contribution in [1.82, 2.24) is 4.57 Å². The average Bonchev–Trinajstić information content (AvgIpc) is 2.43. The molecule has 1 aromatic heterocycles. The molecule has 1 aromatic carbocycles. The molecule has 15 heavy (non-hydrogen) atoms. The largest absolute Gasteiger partial charge is 0.326 e. The van der Waals surface area contributed by atoms with Gasteiger partial charge in [-0.3, -0.25) is 9.59 Å². The number of nitrogens with zero attached hydrogens (tertiary/aromatic N) is 1. The second-order valence-electron chi connectivity index (χ2n) is 3.29. The summed E-state index contributed by atoms with van der Waals surface area (Å²) in [6, 6.07) is 5.43. The summed E-state index contributed by atoms with van der Waals surface area (Å²) >= 11 is 1.20. The molecular formula is C10H10N2O2S. The summed E-state index contributed by atoms with van der Waals surface area (Å²) in [4.78, 5) is 22.2. The summed E-state index contributed by atoms with van der Waals surface area (Å²) in [7, 11) is 1.72. The molecule has 0 aliphatic carbocycles. The molecule has 2 rings (SSSR count). The number of benzene rings is 1. The van der Waals surface area contributed by atoms with Crippen molar-refractivity contribution in [3.63, 3.8) is 0 Å². The van der Waals surface area contributed by atoms with E-state index in [2.05, 4.69) is 5.32 Å². The molecule has 0 aliphatic rings. The average molecular weight is 222 g/mol. The van der Waals surface area contributed by atoms with Gasteiger partial charge in [0.2, 0.25) is 5.91 Å². The van der Waals surface area contributed by atoms with E-state index in [4.69, 9.17) is 0 Å². The van der Waals surface area contributed by atoms with Crippen molar-refractivity contribution in [3.8, 4) is 0 Å². The van der Waals surface area contributed by atoms with Gasteiger partial charge in [-0.15, -0.1) is 0 Å². The van der Waals surface area contributed by atoms with Gasteiger partial charge in [-0.2, -0.15) is 0 Å². The van der Waals surface area contributed by atoms with Gasteiger partial charge in [-0.1, -0.05) is 11.3 Å². The normalized spacial score (nSPS) is 10.5. The predicted octanol–water partition coefficient (Wildman–Crippen LogP) is 1.56. The Balaban J connectivity index is 2.59. The maximum atomic E-state index is 11.4. The van der Waals surface area contributed by atoms with E-state index in [-0.39, 0.29) is 10.8 Å². The minimum Gasteiger partial charge on any atom is -0.326 e. The van der Waals surface area contributed by atoms with E-state index in [0.717, 1.165) is 10.2 Å². The number of hydrogen-bond donors (Lipinski definition) is 1. The van der Waals surface area contributed by atoms with Crippen molar-refractivity contribution in [2.45, 2.75) is 6.92 Å². The lowest BCUT2D eigenvalue weighted by molar-refractivity contribution is -0.114. The molecule has 5 heteroatoms. The number of hydrogen-bond acceptors (Lipinski definition) is 3. The standard InChI is InChI=1S/C10H10N2O2S/c1-6(13)11-7-3-4-9-8(5-7)12(2)10(14)15-9/h3-5H,1-2H3,(H,11,13). The van der Waals surface area contributed by atoms with Gasteiger partial charge in [0.1, 0.15) is 0 Å². The zero-order chi connectivity index (χ0) is 11.0. The Morgan fingerprint density at radius 1 is 1.47 bits per heavy atom. The molecule has 0 bridgehead atoms. The molecule has 0 atom stereocenters. The van der Waals surface area contributed by atoms with E-state index in [9.17, 15) is 9.59 Å². The zero-order valence-corrected chi connectivity index (χ0v) is 9.22. The highest BCUT2D eigenvalue weighted by atomic mass is 32.1. The van der Waals surface area contributed by atoms with E-state index in [1.54, 1.807) is 23.7 Å². The van der Waals surface area contributed by atoms with E-state index in [0.29, 0.717) is 5.69 Å². The monoisotopic (exact) mass is 222 g/mol. The minimum absolute atomic E-state index is 0.00461. The summed E-state index contributed by atoms with van der Waals surface area (Å²) in [5, 5.41) is 2.68. The van der Waals surface area contributed by atoms with Gasteiger partial charge in [0, 0.05) is 19.7 Å². The lowest BCUT2D eigenvalue weighted by atomic mass is 10.3. The Labute approximate surface area is 90.2 Å². The van der Waals surface area contributed by atoms with Crippen molar-refractivity contribution in [3.05, 3.63) is 27.9 Å². The topological polar surface area (TPSA) is 51.1 Å². The van der Waals surface area contributed by atoms with Crippen LogP contribution in [-0.4, -0.2) is 10.5 Å². The van der Waals surface area contributed by atoms with E-state index in [1.807, 2.05) is 6.07 Å². The van der Waals surface area contributed by atoms with Crippen LogP contribution in [0.1, 0.15) is 6.92 Å². The quantitative estimate of drug-likeness (QED) is 0.796. The molecule has 1 N–H and O–H groups in total. The predicted molar refractivity (Wildman–Crippen MR) is 61.4 cm³/mol. The summed E-state index contributed by atoms with van der Waals surface area (Å²) < 4.78 is 2.50. The molecule has 0 saturated carbocycles.